The molecule has 114 valence electrons. The molecule has 20 heavy (non-hydrogen) atoms. The van der Waals surface area contributed by atoms with E-state index in [-0.39, 0.29) is 19.1 Å². The molecule has 0 spiro atoms. The monoisotopic (exact) mass is 285 g/mol. The Kier molecular flexibility index (Phi) is 4.65. The van der Waals surface area contributed by atoms with Gasteiger partial charge in [0, 0.05) is 18.2 Å². The summed E-state index contributed by atoms with van der Waals surface area (Å²) in [5.74, 6) is -0.316. The molecule has 0 saturated carbocycles. The first-order valence-electron chi connectivity index (χ1n) is 6.47. The van der Waals surface area contributed by atoms with Crippen LogP contribution >= 0.6 is 0 Å². The molecule has 2 unspecified atom stereocenters. The Morgan fingerprint density at radius 1 is 1.55 bits per heavy atom. The highest BCUT2D eigenvalue weighted by atomic mass is 16.6. The Bertz CT molecular complexity index is 416. The number of ether oxygens (including phenoxy) is 1. The van der Waals surface area contributed by atoms with Gasteiger partial charge in [-0.3, -0.25) is 0 Å². The smallest absolute Gasteiger partial charge is 0.407 e. The minimum Gasteiger partial charge on any atom is -0.444 e. The summed E-state index contributed by atoms with van der Waals surface area (Å²) in [5.41, 5.74) is -1.11. The Balaban J connectivity index is 2.76. The van der Waals surface area contributed by atoms with Gasteiger partial charge in [-0.15, -0.1) is 0 Å². The molecule has 1 aliphatic heterocycles. The average molecular weight is 285 g/mol. The Hall–Kier alpha value is -1.76. The molecule has 2 atom stereocenters. The van der Waals surface area contributed by atoms with Crippen LogP contribution in [0, 0.1) is 5.92 Å². The lowest BCUT2D eigenvalue weighted by molar-refractivity contribution is 0.0502. The van der Waals surface area contributed by atoms with Gasteiger partial charge in [0.25, 0.3) is 0 Å². The van der Waals surface area contributed by atoms with E-state index in [9.17, 15) is 14.7 Å². The predicted octanol–water partition coefficient (Wildman–Crippen LogP) is 0.705. The molecule has 1 heterocycles. The Morgan fingerprint density at radius 2 is 2.15 bits per heavy atom. The molecular formula is C13H23N3O4. The molecule has 7 heteroatoms. The molecule has 7 nitrogen and oxygen atoms in total. The summed E-state index contributed by atoms with van der Waals surface area (Å²) in [5, 5.41) is 17.2. The molecule has 1 saturated heterocycles. The summed E-state index contributed by atoms with van der Waals surface area (Å²) in [6, 6.07) is -0.402. The fourth-order valence-electron chi connectivity index (χ4n) is 1.99. The zero-order valence-corrected chi connectivity index (χ0v) is 12.4. The van der Waals surface area contributed by atoms with Crippen molar-refractivity contribution < 1.29 is 19.4 Å². The highest BCUT2D eigenvalue weighted by Gasteiger charge is 2.46. The largest absolute Gasteiger partial charge is 0.444 e. The van der Waals surface area contributed by atoms with E-state index >= 15 is 0 Å². The normalized spacial score (nSPS) is 23.9. The van der Waals surface area contributed by atoms with E-state index in [4.69, 9.17) is 4.74 Å². The molecular weight excluding hydrogens is 262 g/mol. The van der Waals surface area contributed by atoms with Crippen LogP contribution in [0.4, 0.5) is 9.59 Å². The number of carbonyl (C=O) groups excluding carboxylic acids is 2. The van der Waals surface area contributed by atoms with Crippen LogP contribution in [0.3, 0.4) is 0 Å². The molecule has 0 bridgehead atoms. The van der Waals surface area contributed by atoms with E-state index in [2.05, 4.69) is 22.5 Å². The number of hydrogen-bond donors (Lipinski definition) is 4. The van der Waals surface area contributed by atoms with E-state index in [1.807, 2.05) is 0 Å². The molecule has 0 aromatic heterocycles. The van der Waals surface area contributed by atoms with Gasteiger partial charge in [-0.2, -0.15) is 0 Å². The van der Waals surface area contributed by atoms with Gasteiger partial charge in [-0.1, -0.05) is 13.5 Å². The number of rotatable bonds is 4. The quantitative estimate of drug-likeness (QED) is 0.611. The van der Waals surface area contributed by atoms with Crippen LogP contribution in [0.25, 0.3) is 0 Å². The molecule has 3 amide bonds. The Labute approximate surface area is 118 Å². The number of alkyl carbamates (subject to hydrolysis) is 1. The third-order valence-electron chi connectivity index (χ3n) is 3.17. The number of aliphatic hydroxyl groups excluding tert-OH is 1. The van der Waals surface area contributed by atoms with Gasteiger partial charge in [-0.05, 0) is 20.8 Å². The van der Waals surface area contributed by atoms with Crippen LogP contribution in [-0.2, 0) is 4.74 Å². The van der Waals surface area contributed by atoms with E-state index in [1.165, 1.54) is 0 Å². The minimum absolute atomic E-state index is 0.0845. The number of hydrogen-bond acceptors (Lipinski definition) is 4. The van der Waals surface area contributed by atoms with Crippen molar-refractivity contribution in [3.05, 3.63) is 12.3 Å². The van der Waals surface area contributed by atoms with Crippen molar-refractivity contribution in [3.8, 4) is 0 Å². The van der Waals surface area contributed by atoms with Crippen molar-refractivity contribution >= 4 is 12.1 Å². The summed E-state index contributed by atoms with van der Waals surface area (Å²) in [6.45, 7) is 10.8. The fourth-order valence-corrected chi connectivity index (χ4v) is 1.99. The van der Waals surface area contributed by atoms with Crippen LogP contribution in [0.1, 0.15) is 27.7 Å². The van der Waals surface area contributed by atoms with E-state index < -0.39 is 23.3 Å². The first-order valence-corrected chi connectivity index (χ1v) is 6.47. The Morgan fingerprint density at radius 3 is 2.55 bits per heavy atom. The van der Waals surface area contributed by atoms with Gasteiger partial charge in [0.1, 0.15) is 11.1 Å². The first kappa shape index (κ1) is 16.3. The molecule has 1 aliphatic rings. The standard InChI is InChI=1S/C13H23N3O4/c1-8(6-17)13(9(2)15-10(18)16-13)7-14-11(19)20-12(3,4)5/h8,17H,2,6-7H2,1,3-5H3,(H,14,19)(H2,15,16,18). The highest BCUT2D eigenvalue weighted by Crippen LogP contribution is 2.27. The number of urea groups is 1. The zero-order valence-electron chi connectivity index (χ0n) is 12.4. The van der Waals surface area contributed by atoms with Gasteiger partial charge >= 0.3 is 12.1 Å². The fraction of sp³-hybridized carbons (Fsp3) is 0.692. The van der Waals surface area contributed by atoms with Crippen LogP contribution < -0.4 is 16.0 Å². The zero-order chi connectivity index (χ0) is 15.6. The average Bonchev–Trinajstić information content (AvgIpc) is 2.59. The summed E-state index contributed by atoms with van der Waals surface area (Å²) in [7, 11) is 0. The third-order valence-corrected chi connectivity index (χ3v) is 3.17. The summed E-state index contributed by atoms with van der Waals surface area (Å²) < 4.78 is 5.14. The van der Waals surface area contributed by atoms with E-state index in [1.54, 1.807) is 27.7 Å². The number of aliphatic hydroxyl groups is 1. The summed E-state index contributed by atoms with van der Waals surface area (Å²) in [4.78, 5) is 23.2. The van der Waals surface area contributed by atoms with Crippen LogP contribution in [0.5, 0.6) is 0 Å². The SMILES string of the molecule is C=C1NC(=O)NC1(CNC(=O)OC(C)(C)C)C(C)CO. The molecule has 4 N–H and O–H groups in total. The second-order valence-electron chi connectivity index (χ2n) is 5.97. The molecule has 0 aliphatic carbocycles. The third kappa shape index (κ3) is 3.63. The maximum Gasteiger partial charge on any atom is 0.407 e. The molecule has 0 aromatic rings. The summed E-state index contributed by atoms with van der Waals surface area (Å²) in [6.07, 6.45) is -0.587. The highest BCUT2D eigenvalue weighted by molar-refractivity contribution is 5.82. The second kappa shape index (κ2) is 5.70. The van der Waals surface area contributed by atoms with Crippen LogP contribution in [0.15, 0.2) is 12.3 Å². The van der Waals surface area contributed by atoms with Gasteiger partial charge < -0.3 is 25.8 Å². The molecule has 1 rings (SSSR count). The summed E-state index contributed by atoms with van der Waals surface area (Å²) >= 11 is 0. The van der Waals surface area contributed by atoms with Crippen LogP contribution in [-0.4, -0.2) is 41.5 Å². The number of nitrogens with one attached hydrogen (secondary N) is 3. The van der Waals surface area contributed by atoms with Crippen molar-refractivity contribution in [3.63, 3.8) is 0 Å². The lowest BCUT2D eigenvalue weighted by Crippen LogP contribution is -2.57. The topological polar surface area (TPSA) is 99.7 Å². The molecule has 0 aromatic carbocycles. The molecule has 0 radical (unpaired) electrons. The van der Waals surface area contributed by atoms with Gasteiger partial charge in [0.15, 0.2) is 0 Å². The van der Waals surface area contributed by atoms with Gasteiger partial charge in [-0.25, -0.2) is 9.59 Å². The first-order chi connectivity index (χ1) is 9.10. The maximum absolute atomic E-state index is 11.7. The van der Waals surface area contributed by atoms with E-state index in [0.717, 1.165) is 0 Å². The van der Waals surface area contributed by atoms with Crippen molar-refractivity contribution in [1.29, 1.82) is 0 Å². The number of amides is 3. The second-order valence-corrected chi connectivity index (χ2v) is 5.97. The molecule has 1 fully saturated rings. The van der Waals surface area contributed by atoms with Gasteiger partial charge in [0.2, 0.25) is 0 Å². The van der Waals surface area contributed by atoms with E-state index in [0.29, 0.717) is 5.70 Å². The van der Waals surface area contributed by atoms with Gasteiger partial charge in [0.05, 0.1) is 6.54 Å². The van der Waals surface area contributed by atoms with Crippen molar-refractivity contribution in [2.45, 2.75) is 38.8 Å². The van der Waals surface area contributed by atoms with Crippen molar-refractivity contribution in [2.75, 3.05) is 13.2 Å². The minimum atomic E-state index is -0.928. The number of carbonyl (C=O) groups is 2. The lowest BCUT2D eigenvalue weighted by atomic mass is 9.84. The van der Waals surface area contributed by atoms with Crippen LogP contribution in [0.2, 0.25) is 0 Å². The van der Waals surface area contributed by atoms with Crippen molar-refractivity contribution in [1.82, 2.24) is 16.0 Å². The predicted molar refractivity (Wildman–Crippen MR) is 74.0 cm³/mol. The van der Waals surface area contributed by atoms with Crippen molar-refractivity contribution in [2.24, 2.45) is 5.92 Å². The maximum atomic E-state index is 11.7. The lowest BCUT2D eigenvalue weighted by Gasteiger charge is -2.34.